The topological polar surface area (TPSA) is 56.0 Å². The third-order valence-electron chi connectivity index (χ3n) is 3.56. The van der Waals surface area contributed by atoms with E-state index in [-0.39, 0.29) is 5.41 Å². The number of nitriles is 1. The van der Waals surface area contributed by atoms with Crippen molar-refractivity contribution in [2.45, 2.75) is 46.0 Å². The molecule has 0 radical (unpaired) electrons. The first-order valence-corrected chi connectivity index (χ1v) is 6.26. The zero-order valence-corrected chi connectivity index (χ0v) is 10.6. The average Bonchev–Trinajstić information content (AvgIpc) is 2.98. The second-order valence-corrected chi connectivity index (χ2v) is 5.75. The maximum absolute atomic E-state index is 8.92. The van der Waals surface area contributed by atoms with Crippen LogP contribution in [0.4, 0.5) is 0 Å². The Bertz CT molecular complexity index is 251. The standard InChI is InChI=1S/C13H24N2O/c1-12(2,10-14)4-3-8-15-11-13(5-6-13)7-9-16/h15-16H,3-9,11H2,1-2H3. The van der Waals surface area contributed by atoms with E-state index in [0.717, 1.165) is 32.4 Å². The zero-order valence-electron chi connectivity index (χ0n) is 10.6. The predicted octanol–water partition coefficient (Wildman–Crippen LogP) is 2.07. The Morgan fingerprint density at radius 2 is 2.12 bits per heavy atom. The molecule has 0 bridgehead atoms. The van der Waals surface area contributed by atoms with Crippen LogP contribution in [0, 0.1) is 22.2 Å². The SMILES string of the molecule is CC(C)(C#N)CCCNCC1(CCO)CC1. The van der Waals surface area contributed by atoms with Crippen molar-refractivity contribution in [2.75, 3.05) is 19.7 Å². The fourth-order valence-corrected chi connectivity index (χ4v) is 1.99. The molecule has 0 spiro atoms. The fraction of sp³-hybridized carbons (Fsp3) is 0.923. The molecule has 2 N–H and O–H groups in total. The molecule has 1 aliphatic carbocycles. The van der Waals surface area contributed by atoms with Crippen LogP contribution in [0.3, 0.4) is 0 Å². The van der Waals surface area contributed by atoms with Crippen molar-refractivity contribution in [1.82, 2.24) is 5.32 Å². The van der Waals surface area contributed by atoms with Gasteiger partial charge in [0.25, 0.3) is 0 Å². The van der Waals surface area contributed by atoms with Crippen LogP contribution >= 0.6 is 0 Å². The molecular formula is C13H24N2O. The van der Waals surface area contributed by atoms with Gasteiger partial charge in [-0.1, -0.05) is 0 Å². The van der Waals surface area contributed by atoms with E-state index in [2.05, 4.69) is 11.4 Å². The summed E-state index contributed by atoms with van der Waals surface area (Å²) >= 11 is 0. The van der Waals surface area contributed by atoms with Gasteiger partial charge >= 0.3 is 0 Å². The first kappa shape index (κ1) is 13.5. The molecular weight excluding hydrogens is 200 g/mol. The molecule has 0 aromatic carbocycles. The Balaban J connectivity index is 2.03. The van der Waals surface area contributed by atoms with Crippen molar-refractivity contribution in [1.29, 1.82) is 5.26 Å². The molecule has 1 rings (SSSR count). The van der Waals surface area contributed by atoms with Gasteiger partial charge in [-0.15, -0.1) is 0 Å². The van der Waals surface area contributed by atoms with E-state index < -0.39 is 0 Å². The van der Waals surface area contributed by atoms with E-state index in [9.17, 15) is 0 Å². The molecule has 1 saturated carbocycles. The molecule has 0 unspecified atom stereocenters. The first-order chi connectivity index (χ1) is 7.54. The minimum absolute atomic E-state index is 0.190. The van der Waals surface area contributed by atoms with Crippen molar-refractivity contribution in [2.24, 2.45) is 10.8 Å². The fourth-order valence-electron chi connectivity index (χ4n) is 1.99. The summed E-state index contributed by atoms with van der Waals surface area (Å²) in [5, 5.41) is 21.2. The lowest BCUT2D eigenvalue weighted by atomic mass is 9.90. The number of nitrogens with one attached hydrogen (secondary N) is 1. The lowest BCUT2D eigenvalue weighted by molar-refractivity contribution is 0.245. The van der Waals surface area contributed by atoms with Gasteiger partial charge < -0.3 is 10.4 Å². The Hall–Kier alpha value is -0.590. The van der Waals surface area contributed by atoms with E-state index in [1.165, 1.54) is 12.8 Å². The van der Waals surface area contributed by atoms with Gasteiger partial charge in [0.1, 0.15) is 0 Å². The third-order valence-corrected chi connectivity index (χ3v) is 3.56. The highest BCUT2D eigenvalue weighted by Gasteiger charge is 2.41. The lowest BCUT2D eigenvalue weighted by Gasteiger charge is -2.17. The maximum atomic E-state index is 8.92. The average molecular weight is 224 g/mol. The van der Waals surface area contributed by atoms with Gasteiger partial charge in [0, 0.05) is 13.2 Å². The second-order valence-electron chi connectivity index (χ2n) is 5.75. The molecule has 0 aromatic heterocycles. The molecule has 16 heavy (non-hydrogen) atoms. The van der Waals surface area contributed by atoms with Gasteiger partial charge in [-0.3, -0.25) is 0 Å². The molecule has 0 amide bonds. The maximum Gasteiger partial charge on any atom is 0.0683 e. The van der Waals surface area contributed by atoms with Gasteiger partial charge in [0.15, 0.2) is 0 Å². The van der Waals surface area contributed by atoms with E-state index in [1.807, 2.05) is 13.8 Å². The summed E-state index contributed by atoms with van der Waals surface area (Å²) in [4.78, 5) is 0. The van der Waals surface area contributed by atoms with Crippen LogP contribution in [0.1, 0.15) is 46.0 Å². The smallest absolute Gasteiger partial charge is 0.0683 e. The van der Waals surface area contributed by atoms with Gasteiger partial charge in [-0.25, -0.2) is 0 Å². The first-order valence-electron chi connectivity index (χ1n) is 6.26. The Kier molecular flexibility index (Phi) is 4.76. The number of aliphatic hydroxyl groups is 1. The van der Waals surface area contributed by atoms with Crippen LogP contribution < -0.4 is 5.32 Å². The Morgan fingerprint density at radius 3 is 2.62 bits per heavy atom. The van der Waals surface area contributed by atoms with E-state index >= 15 is 0 Å². The quantitative estimate of drug-likeness (QED) is 0.621. The Labute approximate surface area is 98.8 Å². The van der Waals surface area contributed by atoms with Crippen molar-refractivity contribution in [3.05, 3.63) is 0 Å². The summed E-state index contributed by atoms with van der Waals surface area (Å²) in [6, 6.07) is 2.32. The molecule has 0 aromatic rings. The molecule has 1 aliphatic rings. The normalized spacial score (nSPS) is 18.1. The minimum atomic E-state index is -0.190. The zero-order chi connectivity index (χ0) is 12.1. The van der Waals surface area contributed by atoms with Crippen molar-refractivity contribution < 1.29 is 5.11 Å². The lowest BCUT2D eigenvalue weighted by Crippen LogP contribution is -2.26. The molecule has 1 fully saturated rings. The van der Waals surface area contributed by atoms with E-state index in [4.69, 9.17) is 10.4 Å². The summed E-state index contributed by atoms with van der Waals surface area (Å²) in [5.41, 5.74) is 0.212. The number of hydrogen-bond donors (Lipinski definition) is 2. The molecule has 0 aliphatic heterocycles. The highest BCUT2D eigenvalue weighted by Crippen LogP contribution is 2.47. The number of hydrogen-bond acceptors (Lipinski definition) is 3. The van der Waals surface area contributed by atoms with Crippen LogP contribution in [0.5, 0.6) is 0 Å². The van der Waals surface area contributed by atoms with Crippen LogP contribution in [0.15, 0.2) is 0 Å². The summed E-state index contributed by atoms with van der Waals surface area (Å²) < 4.78 is 0. The third kappa shape index (κ3) is 4.51. The van der Waals surface area contributed by atoms with Gasteiger partial charge in [-0.2, -0.15) is 5.26 Å². The highest BCUT2D eigenvalue weighted by molar-refractivity contribution is 4.95. The summed E-state index contributed by atoms with van der Waals surface area (Å²) in [6.45, 7) is 6.30. The molecule has 3 heteroatoms. The van der Waals surface area contributed by atoms with E-state index in [0.29, 0.717) is 12.0 Å². The Morgan fingerprint density at radius 1 is 1.44 bits per heavy atom. The van der Waals surface area contributed by atoms with Gasteiger partial charge in [0.05, 0.1) is 11.5 Å². The molecule has 0 heterocycles. The van der Waals surface area contributed by atoms with Crippen molar-refractivity contribution in [3.63, 3.8) is 0 Å². The number of aliphatic hydroxyl groups excluding tert-OH is 1. The summed E-state index contributed by atoms with van der Waals surface area (Å²) in [6.07, 6.45) is 5.44. The molecule has 0 atom stereocenters. The van der Waals surface area contributed by atoms with Crippen molar-refractivity contribution >= 4 is 0 Å². The predicted molar refractivity (Wildman–Crippen MR) is 64.9 cm³/mol. The van der Waals surface area contributed by atoms with Crippen LogP contribution in [-0.2, 0) is 0 Å². The molecule has 0 saturated heterocycles. The molecule has 3 nitrogen and oxygen atoms in total. The largest absolute Gasteiger partial charge is 0.396 e. The van der Waals surface area contributed by atoms with Gasteiger partial charge in [0.2, 0.25) is 0 Å². The van der Waals surface area contributed by atoms with Crippen LogP contribution in [0.25, 0.3) is 0 Å². The monoisotopic (exact) mass is 224 g/mol. The number of nitrogens with zero attached hydrogens (tertiary/aromatic N) is 1. The van der Waals surface area contributed by atoms with Gasteiger partial charge in [-0.05, 0) is 57.9 Å². The number of rotatable bonds is 8. The van der Waals surface area contributed by atoms with Crippen molar-refractivity contribution in [3.8, 4) is 6.07 Å². The second kappa shape index (κ2) is 5.65. The van der Waals surface area contributed by atoms with Crippen LogP contribution in [0.2, 0.25) is 0 Å². The van der Waals surface area contributed by atoms with E-state index in [1.54, 1.807) is 0 Å². The molecule has 92 valence electrons. The van der Waals surface area contributed by atoms with Crippen LogP contribution in [-0.4, -0.2) is 24.8 Å². The highest BCUT2D eigenvalue weighted by atomic mass is 16.3. The summed E-state index contributed by atoms with van der Waals surface area (Å²) in [5.74, 6) is 0. The minimum Gasteiger partial charge on any atom is -0.396 e. The summed E-state index contributed by atoms with van der Waals surface area (Å²) in [7, 11) is 0.